The van der Waals surface area contributed by atoms with Crippen LogP contribution < -0.4 is 5.32 Å². The molecule has 2 heterocycles. The molecule has 100 valence electrons. The minimum absolute atomic E-state index is 0.165. The molecule has 0 saturated heterocycles. The maximum Gasteiger partial charge on any atom is 0.214 e. The molecule has 18 heavy (non-hydrogen) atoms. The highest BCUT2D eigenvalue weighted by molar-refractivity contribution is 7.89. The minimum atomic E-state index is -3.11. The standard InChI is InChI=1S/C13H20N2O2S/c1-4-18(16,17)15-7-5-6-13-12(9-15)10(2)8-11(3)14-13/h8,14H,3-7,9H2,1-2H3. The zero-order chi connectivity index (χ0) is 13.3. The monoisotopic (exact) mass is 268 g/mol. The molecular formula is C13H20N2O2S. The normalized spacial score (nSPS) is 22.1. The summed E-state index contributed by atoms with van der Waals surface area (Å²) in [5, 5.41) is 3.27. The predicted molar refractivity (Wildman–Crippen MR) is 73.3 cm³/mol. The number of sulfonamides is 1. The van der Waals surface area contributed by atoms with Crippen molar-refractivity contribution in [3.05, 3.63) is 35.2 Å². The average Bonchev–Trinajstić information content (AvgIpc) is 2.51. The van der Waals surface area contributed by atoms with E-state index in [1.54, 1.807) is 11.2 Å². The molecule has 0 bridgehead atoms. The molecule has 0 atom stereocenters. The summed E-state index contributed by atoms with van der Waals surface area (Å²) in [6.45, 7) is 8.71. The molecule has 2 aliphatic rings. The summed E-state index contributed by atoms with van der Waals surface area (Å²) < 4.78 is 25.6. The number of hydrogen-bond acceptors (Lipinski definition) is 3. The highest BCUT2D eigenvalue weighted by atomic mass is 32.2. The van der Waals surface area contributed by atoms with Crippen LogP contribution in [0.15, 0.2) is 35.2 Å². The van der Waals surface area contributed by atoms with Gasteiger partial charge in [0.15, 0.2) is 0 Å². The smallest absolute Gasteiger partial charge is 0.214 e. The van der Waals surface area contributed by atoms with Crippen LogP contribution in [0.25, 0.3) is 0 Å². The molecule has 0 aromatic carbocycles. The van der Waals surface area contributed by atoms with Crippen molar-refractivity contribution in [1.29, 1.82) is 0 Å². The van der Waals surface area contributed by atoms with E-state index in [9.17, 15) is 8.42 Å². The third-order valence-corrected chi connectivity index (χ3v) is 5.30. The lowest BCUT2D eigenvalue weighted by Gasteiger charge is -2.24. The summed E-state index contributed by atoms with van der Waals surface area (Å²) in [7, 11) is -3.11. The average molecular weight is 268 g/mol. The van der Waals surface area contributed by atoms with Crippen LogP contribution >= 0.6 is 0 Å². The molecule has 0 unspecified atom stereocenters. The quantitative estimate of drug-likeness (QED) is 0.830. The van der Waals surface area contributed by atoms with Crippen LogP contribution in [0.4, 0.5) is 0 Å². The van der Waals surface area contributed by atoms with E-state index in [2.05, 4.69) is 11.9 Å². The second-order valence-corrected chi connectivity index (χ2v) is 7.03. The highest BCUT2D eigenvalue weighted by Gasteiger charge is 2.27. The van der Waals surface area contributed by atoms with Gasteiger partial charge in [0.25, 0.3) is 0 Å². The van der Waals surface area contributed by atoms with Crippen molar-refractivity contribution in [1.82, 2.24) is 9.62 Å². The maximum absolute atomic E-state index is 12.0. The molecule has 0 fully saturated rings. The van der Waals surface area contributed by atoms with Crippen LogP contribution in [0, 0.1) is 0 Å². The van der Waals surface area contributed by atoms with E-state index in [0.717, 1.165) is 35.4 Å². The SMILES string of the molecule is C=C1C=C(C)C2=C(CCCN(S(=O)(=O)CC)C2)N1. The Bertz CT molecular complexity index is 529. The van der Waals surface area contributed by atoms with Gasteiger partial charge in [0.2, 0.25) is 10.0 Å². The van der Waals surface area contributed by atoms with Crippen molar-refractivity contribution in [3.8, 4) is 0 Å². The minimum Gasteiger partial charge on any atom is -0.359 e. The second kappa shape index (κ2) is 4.90. The number of allylic oxidation sites excluding steroid dienone is 2. The summed E-state index contributed by atoms with van der Waals surface area (Å²) in [6.07, 6.45) is 3.71. The van der Waals surface area contributed by atoms with Crippen LogP contribution in [-0.2, 0) is 10.0 Å². The highest BCUT2D eigenvalue weighted by Crippen LogP contribution is 2.27. The fourth-order valence-electron chi connectivity index (χ4n) is 2.43. The van der Waals surface area contributed by atoms with Crippen LogP contribution in [0.1, 0.15) is 26.7 Å². The molecule has 0 radical (unpaired) electrons. The number of dihydropyridines is 1. The van der Waals surface area contributed by atoms with Crippen LogP contribution in [-0.4, -0.2) is 31.6 Å². The van der Waals surface area contributed by atoms with E-state index >= 15 is 0 Å². The number of nitrogens with zero attached hydrogens (tertiary/aromatic N) is 1. The van der Waals surface area contributed by atoms with Gasteiger partial charge in [0.1, 0.15) is 0 Å². The third-order valence-electron chi connectivity index (χ3n) is 3.47. The van der Waals surface area contributed by atoms with Gasteiger partial charge >= 0.3 is 0 Å². The first-order chi connectivity index (χ1) is 8.44. The molecule has 0 spiro atoms. The lowest BCUT2D eigenvalue weighted by atomic mass is 9.99. The van der Waals surface area contributed by atoms with Gasteiger partial charge in [-0.05, 0) is 43.9 Å². The number of rotatable bonds is 2. The van der Waals surface area contributed by atoms with Gasteiger partial charge in [-0.2, -0.15) is 4.31 Å². The van der Waals surface area contributed by atoms with E-state index in [1.807, 2.05) is 13.0 Å². The first kappa shape index (κ1) is 13.4. The zero-order valence-corrected chi connectivity index (χ0v) is 11.8. The topological polar surface area (TPSA) is 49.4 Å². The second-order valence-electron chi connectivity index (χ2n) is 4.77. The Morgan fingerprint density at radius 3 is 2.89 bits per heavy atom. The Morgan fingerprint density at radius 1 is 1.50 bits per heavy atom. The van der Waals surface area contributed by atoms with Crippen molar-refractivity contribution >= 4 is 10.0 Å². The van der Waals surface area contributed by atoms with Crippen molar-refractivity contribution in [2.45, 2.75) is 26.7 Å². The first-order valence-electron chi connectivity index (χ1n) is 6.28. The Hall–Kier alpha value is -1.07. The lowest BCUT2D eigenvalue weighted by Crippen LogP contribution is -2.34. The molecule has 2 aliphatic heterocycles. The molecule has 1 N–H and O–H groups in total. The largest absolute Gasteiger partial charge is 0.359 e. The van der Waals surface area contributed by atoms with Gasteiger partial charge in [0.05, 0.1) is 5.75 Å². The van der Waals surface area contributed by atoms with Crippen molar-refractivity contribution in [3.63, 3.8) is 0 Å². The van der Waals surface area contributed by atoms with Gasteiger partial charge in [-0.25, -0.2) is 8.42 Å². The summed E-state index contributed by atoms with van der Waals surface area (Å²) in [4.78, 5) is 0. The molecule has 4 nitrogen and oxygen atoms in total. The fourth-order valence-corrected chi connectivity index (χ4v) is 3.53. The van der Waals surface area contributed by atoms with E-state index in [-0.39, 0.29) is 5.75 Å². The van der Waals surface area contributed by atoms with Gasteiger partial charge < -0.3 is 5.32 Å². The Morgan fingerprint density at radius 2 is 2.22 bits per heavy atom. The number of nitrogens with one attached hydrogen (secondary N) is 1. The van der Waals surface area contributed by atoms with Gasteiger partial charge in [-0.3, -0.25) is 0 Å². The molecule has 0 aliphatic carbocycles. The molecule has 0 saturated carbocycles. The Balaban J connectivity index is 2.32. The first-order valence-corrected chi connectivity index (χ1v) is 7.89. The summed E-state index contributed by atoms with van der Waals surface area (Å²) in [6, 6.07) is 0. The number of hydrogen-bond donors (Lipinski definition) is 1. The van der Waals surface area contributed by atoms with Gasteiger partial charge in [-0.15, -0.1) is 0 Å². The lowest BCUT2D eigenvalue weighted by molar-refractivity contribution is 0.439. The molecule has 0 amide bonds. The maximum atomic E-state index is 12.0. The van der Waals surface area contributed by atoms with Gasteiger partial charge in [0, 0.05) is 24.5 Å². The van der Waals surface area contributed by atoms with E-state index in [0.29, 0.717) is 13.1 Å². The van der Waals surface area contributed by atoms with Crippen LogP contribution in [0.5, 0.6) is 0 Å². The van der Waals surface area contributed by atoms with Gasteiger partial charge in [-0.1, -0.05) is 6.58 Å². The molecule has 2 rings (SSSR count). The molecule has 5 heteroatoms. The van der Waals surface area contributed by atoms with Crippen LogP contribution in [0.2, 0.25) is 0 Å². The molecular weight excluding hydrogens is 248 g/mol. The van der Waals surface area contributed by atoms with Crippen molar-refractivity contribution < 1.29 is 8.42 Å². The van der Waals surface area contributed by atoms with E-state index < -0.39 is 10.0 Å². The van der Waals surface area contributed by atoms with Crippen molar-refractivity contribution in [2.75, 3.05) is 18.8 Å². The van der Waals surface area contributed by atoms with Crippen LogP contribution in [0.3, 0.4) is 0 Å². The Kier molecular flexibility index (Phi) is 3.64. The summed E-state index contributed by atoms with van der Waals surface area (Å²) in [5.74, 6) is 0.165. The fraction of sp³-hybridized carbons (Fsp3) is 0.538. The summed E-state index contributed by atoms with van der Waals surface area (Å²) >= 11 is 0. The predicted octanol–water partition coefficient (Wildman–Crippen LogP) is 1.75. The summed E-state index contributed by atoms with van der Waals surface area (Å²) in [5.41, 5.74) is 4.25. The molecule has 0 aromatic rings. The van der Waals surface area contributed by atoms with E-state index in [1.165, 1.54) is 0 Å². The Labute approximate surface area is 109 Å². The zero-order valence-electron chi connectivity index (χ0n) is 11.0. The van der Waals surface area contributed by atoms with E-state index in [4.69, 9.17) is 0 Å². The molecule has 0 aromatic heterocycles. The van der Waals surface area contributed by atoms with Crippen molar-refractivity contribution in [2.24, 2.45) is 0 Å². The third kappa shape index (κ3) is 2.52.